The lowest BCUT2D eigenvalue weighted by Gasteiger charge is -2.12. The van der Waals surface area contributed by atoms with Gasteiger partial charge in [0.15, 0.2) is 0 Å². The number of nitrogens with zero attached hydrogens (tertiary/aromatic N) is 2. The number of hydrogen-bond donors (Lipinski definition) is 1. The number of aromatic nitrogens is 1. The Morgan fingerprint density at radius 3 is 2.31 bits per heavy atom. The third-order valence-electron chi connectivity index (χ3n) is 4.73. The van der Waals surface area contributed by atoms with E-state index in [1.54, 1.807) is 24.3 Å². The van der Waals surface area contributed by atoms with Crippen LogP contribution in [0, 0.1) is 0 Å². The summed E-state index contributed by atoms with van der Waals surface area (Å²) in [6, 6.07) is 13.8. The maximum absolute atomic E-state index is 12.0. The van der Waals surface area contributed by atoms with Gasteiger partial charge >= 0.3 is 0 Å². The molecule has 29 heavy (non-hydrogen) atoms. The summed E-state index contributed by atoms with van der Waals surface area (Å²) in [7, 11) is -3.76. The van der Waals surface area contributed by atoms with Gasteiger partial charge in [-0.05, 0) is 36.2 Å². The molecule has 0 spiro atoms. The molecule has 1 aromatic heterocycles. The Balaban J connectivity index is 1.76. The van der Waals surface area contributed by atoms with E-state index in [9.17, 15) is 13.2 Å². The lowest BCUT2D eigenvalue weighted by molar-refractivity contribution is -0.128. The van der Waals surface area contributed by atoms with Gasteiger partial charge in [0, 0.05) is 23.6 Å². The fourth-order valence-corrected chi connectivity index (χ4v) is 5.01. The summed E-state index contributed by atoms with van der Waals surface area (Å²) in [4.78, 5) is 19.6. The van der Waals surface area contributed by atoms with Gasteiger partial charge in [-0.3, -0.25) is 4.79 Å². The van der Waals surface area contributed by atoms with Crippen LogP contribution in [0.3, 0.4) is 0 Å². The van der Waals surface area contributed by atoms with Crippen LogP contribution < -0.4 is 5.14 Å². The number of hydrogen-bond acceptors (Lipinski definition) is 5. The molecule has 1 fully saturated rings. The third-order valence-corrected chi connectivity index (χ3v) is 7.00. The molecule has 0 radical (unpaired) electrons. The lowest BCUT2D eigenvalue weighted by Crippen LogP contribution is -2.23. The number of carbonyl (C=O) groups is 1. The molecule has 2 aromatic carbocycles. The molecule has 0 aliphatic carbocycles. The van der Waals surface area contributed by atoms with E-state index >= 15 is 0 Å². The van der Waals surface area contributed by atoms with Gasteiger partial charge in [-0.15, -0.1) is 11.3 Å². The van der Waals surface area contributed by atoms with E-state index in [0.717, 1.165) is 39.7 Å². The SMILES string of the molecule is NS(=O)(=O)c1ccc(-c2sc(CN3CCCC3=O)nc2-c2ccc(Cl)cc2)cc1. The Hall–Kier alpha value is -2.26. The summed E-state index contributed by atoms with van der Waals surface area (Å²) < 4.78 is 23.1. The molecule has 1 saturated heterocycles. The molecule has 2 heterocycles. The van der Waals surface area contributed by atoms with Crippen LogP contribution in [0.2, 0.25) is 5.02 Å². The van der Waals surface area contributed by atoms with Crippen LogP contribution in [0.5, 0.6) is 0 Å². The van der Waals surface area contributed by atoms with E-state index in [4.69, 9.17) is 21.7 Å². The number of sulfonamides is 1. The van der Waals surface area contributed by atoms with Crippen LogP contribution in [0.15, 0.2) is 53.4 Å². The zero-order chi connectivity index (χ0) is 20.6. The lowest BCUT2D eigenvalue weighted by atomic mass is 10.1. The predicted octanol–water partition coefficient (Wildman–Crippen LogP) is 3.90. The summed E-state index contributed by atoms with van der Waals surface area (Å²) >= 11 is 7.52. The number of thiazole rings is 1. The first-order valence-corrected chi connectivity index (χ1v) is 11.7. The molecule has 0 saturated carbocycles. The molecule has 4 rings (SSSR count). The molecule has 1 aliphatic heterocycles. The third kappa shape index (κ3) is 4.35. The first-order chi connectivity index (χ1) is 13.8. The Bertz CT molecular complexity index is 1160. The monoisotopic (exact) mass is 447 g/mol. The summed E-state index contributed by atoms with van der Waals surface area (Å²) in [6.45, 7) is 1.21. The van der Waals surface area contributed by atoms with Crippen molar-refractivity contribution in [1.82, 2.24) is 9.88 Å². The molecule has 3 aromatic rings. The van der Waals surface area contributed by atoms with Crippen molar-refractivity contribution in [2.24, 2.45) is 5.14 Å². The number of primary sulfonamides is 1. The Morgan fingerprint density at radius 1 is 1.07 bits per heavy atom. The van der Waals surface area contributed by atoms with Crippen LogP contribution in [0.25, 0.3) is 21.7 Å². The summed E-state index contributed by atoms with van der Waals surface area (Å²) in [5.41, 5.74) is 2.51. The highest BCUT2D eigenvalue weighted by Crippen LogP contribution is 2.38. The quantitative estimate of drug-likeness (QED) is 0.641. The number of benzene rings is 2. The molecular formula is C20H18ClN3O3S2. The zero-order valence-electron chi connectivity index (χ0n) is 15.3. The van der Waals surface area contributed by atoms with E-state index in [1.165, 1.54) is 23.5 Å². The molecule has 0 atom stereocenters. The first-order valence-electron chi connectivity index (χ1n) is 8.98. The largest absolute Gasteiger partial charge is 0.336 e. The van der Waals surface area contributed by atoms with Gasteiger partial charge in [0.2, 0.25) is 15.9 Å². The molecule has 2 N–H and O–H groups in total. The molecule has 0 unspecified atom stereocenters. The fourth-order valence-electron chi connectivity index (χ4n) is 3.26. The highest BCUT2D eigenvalue weighted by molar-refractivity contribution is 7.89. The van der Waals surface area contributed by atoms with Crippen LogP contribution in [-0.4, -0.2) is 30.8 Å². The van der Waals surface area contributed by atoms with Gasteiger partial charge in [0.25, 0.3) is 0 Å². The van der Waals surface area contributed by atoms with E-state index in [0.29, 0.717) is 18.0 Å². The second-order valence-electron chi connectivity index (χ2n) is 6.78. The minimum absolute atomic E-state index is 0.0571. The van der Waals surface area contributed by atoms with Gasteiger partial charge in [-0.25, -0.2) is 18.5 Å². The minimum atomic E-state index is -3.76. The smallest absolute Gasteiger partial charge is 0.238 e. The zero-order valence-corrected chi connectivity index (χ0v) is 17.7. The maximum atomic E-state index is 12.0. The standard InChI is InChI=1S/C20H18ClN3O3S2/c21-15-7-3-13(4-8-15)19-20(14-5-9-16(10-6-14)29(22,26)27)28-17(23-19)12-24-11-1-2-18(24)25/h3-10H,1-2,11-12H2,(H2,22,26,27). The van der Waals surface area contributed by atoms with Gasteiger partial charge in [-0.2, -0.15) is 0 Å². The van der Waals surface area contributed by atoms with Gasteiger partial charge in [0.05, 0.1) is 22.0 Å². The normalized spacial score (nSPS) is 14.6. The van der Waals surface area contributed by atoms with Gasteiger partial charge in [0.1, 0.15) is 5.01 Å². The van der Waals surface area contributed by atoms with E-state index < -0.39 is 10.0 Å². The van der Waals surface area contributed by atoms with Crippen molar-refractivity contribution < 1.29 is 13.2 Å². The molecule has 9 heteroatoms. The van der Waals surface area contributed by atoms with Crippen molar-refractivity contribution in [3.8, 4) is 21.7 Å². The minimum Gasteiger partial charge on any atom is -0.336 e. The highest BCUT2D eigenvalue weighted by atomic mass is 35.5. The number of rotatable bonds is 5. The van der Waals surface area contributed by atoms with E-state index in [2.05, 4.69) is 0 Å². The fraction of sp³-hybridized carbons (Fsp3) is 0.200. The second kappa shape index (κ2) is 7.87. The number of halogens is 1. The van der Waals surface area contributed by atoms with Crippen LogP contribution >= 0.6 is 22.9 Å². The molecule has 6 nitrogen and oxygen atoms in total. The first kappa shape index (κ1) is 20.0. The second-order valence-corrected chi connectivity index (χ2v) is 9.86. The molecule has 150 valence electrons. The summed E-state index contributed by atoms with van der Waals surface area (Å²) in [5.74, 6) is 0.146. The molecular weight excluding hydrogens is 430 g/mol. The molecule has 0 bridgehead atoms. The topological polar surface area (TPSA) is 93.4 Å². The summed E-state index contributed by atoms with van der Waals surface area (Å²) in [6.07, 6.45) is 1.45. The molecule has 1 aliphatic rings. The van der Waals surface area contributed by atoms with Crippen molar-refractivity contribution in [2.75, 3.05) is 6.54 Å². The number of nitrogens with two attached hydrogens (primary N) is 1. The van der Waals surface area contributed by atoms with Crippen molar-refractivity contribution in [1.29, 1.82) is 0 Å². The van der Waals surface area contributed by atoms with Crippen molar-refractivity contribution in [3.05, 3.63) is 58.6 Å². The predicted molar refractivity (Wildman–Crippen MR) is 114 cm³/mol. The average Bonchev–Trinajstić information content (AvgIpc) is 3.29. The van der Waals surface area contributed by atoms with Gasteiger partial charge < -0.3 is 4.90 Å². The van der Waals surface area contributed by atoms with Crippen molar-refractivity contribution in [2.45, 2.75) is 24.3 Å². The number of amides is 1. The van der Waals surface area contributed by atoms with Crippen molar-refractivity contribution >= 4 is 38.9 Å². The van der Waals surface area contributed by atoms with Crippen LogP contribution in [0.1, 0.15) is 17.8 Å². The van der Waals surface area contributed by atoms with Crippen LogP contribution in [0.4, 0.5) is 0 Å². The van der Waals surface area contributed by atoms with Gasteiger partial charge in [-0.1, -0.05) is 35.9 Å². The molecule has 1 amide bonds. The Kier molecular flexibility index (Phi) is 5.44. The number of carbonyl (C=O) groups excluding carboxylic acids is 1. The maximum Gasteiger partial charge on any atom is 0.238 e. The van der Waals surface area contributed by atoms with Crippen molar-refractivity contribution in [3.63, 3.8) is 0 Å². The average molecular weight is 448 g/mol. The van der Waals surface area contributed by atoms with Crippen LogP contribution in [-0.2, 0) is 21.4 Å². The Labute approximate surface area is 178 Å². The van der Waals surface area contributed by atoms with E-state index in [1.807, 2.05) is 17.0 Å². The number of likely N-dealkylation sites (tertiary alicyclic amines) is 1. The summed E-state index contributed by atoms with van der Waals surface area (Å²) in [5, 5.41) is 6.66. The highest BCUT2D eigenvalue weighted by Gasteiger charge is 2.23. The Morgan fingerprint density at radius 2 is 1.72 bits per heavy atom. The van der Waals surface area contributed by atoms with E-state index in [-0.39, 0.29) is 10.8 Å².